The van der Waals surface area contributed by atoms with Crippen molar-refractivity contribution in [2.24, 2.45) is 0 Å². The van der Waals surface area contributed by atoms with Gasteiger partial charge in [-0.05, 0) is 18.2 Å². The molecule has 2 rings (SSSR count). The van der Waals surface area contributed by atoms with Crippen LogP contribution in [0.25, 0.3) is 0 Å². The Bertz CT molecular complexity index is 659. The number of halogens is 2. The molecule has 1 aromatic heterocycles. The molecule has 0 atom stereocenters. The molecule has 0 bridgehead atoms. The van der Waals surface area contributed by atoms with E-state index in [9.17, 15) is 4.79 Å². The van der Waals surface area contributed by atoms with Crippen molar-refractivity contribution < 1.29 is 4.79 Å². The number of aromatic nitrogens is 2. The zero-order valence-electron chi connectivity index (χ0n) is 10.9. The van der Waals surface area contributed by atoms with E-state index in [0.29, 0.717) is 22.4 Å². The normalized spacial score (nSPS) is 10.0. The molecule has 1 heterocycles. The Labute approximate surface area is 132 Å². The maximum atomic E-state index is 11.6. The highest BCUT2D eigenvalue weighted by Crippen LogP contribution is 2.26. The molecule has 0 aliphatic carbocycles. The summed E-state index contributed by atoms with van der Waals surface area (Å²) in [4.78, 5) is 19.8. The Morgan fingerprint density at radius 1 is 1.24 bits per heavy atom. The molecule has 0 fully saturated rings. The van der Waals surface area contributed by atoms with Crippen LogP contribution in [0.1, 0.15) is 10.5 Å². The van der Waals surface area contributed by atoms with Crippen molar-refractivity contribution in [1.82, 2.24) is 15.3 Å². The van der Waals surface area contributed by atoms with Gasteiger partial charge in [0.2, 0.25) is 0 Å². The summed E-state index contributed by atoms with van der Waals surface area (Å²) < 4.78 is 0. The van der Waals surface area contributed by atoms with Gasteiger partial charge in [-0.2, -0.15) is 0 Å². The van der Waals surface area contributed by atoms with Crippen LogP contribution in [0.15, 0.2) is 43.2 Å². The number of anilines is 2. The predicted molar refractivity (Wildman–Crippen MR) is 84.3 cm³/mol. The van der Waals surface area contributed by atoms with Gasteiger partial charge in [-0.15, -0.1) is 6.58 Å². The van der Waals surface area contributed by atoms with Crippen molar-refractivity contribution in [3.8, 4) is 0 Å². The molecular weight excluding hydrogens is 311 g/mol. The summed E-state index contributed by atoms with van der Waals surface area (Å²) in [5.74, 6) is 0.192. The first-order valence-electron chi connectivity index (χ1n) is 6.03. The lowest BCUT2D eigenvalue weighted by Gasteiger charge is -2.07. The van der Waals surface area contributed by atoms with E-state index in [2.05, 4.69) is 27.2 Å². The first-order valence-corrected chi connectivity index (χ1v) is 6.79. The SMILES string of the molecule is C=CCNC(=O)c1cnc(Nc2ccc(Cl)c(Cl)c2)cn1. The van der Waals surface area contributed by atoms with Crippen molar-refractivity contribution in [2.75, 3.05) is 11.9 Å². The van der Waals surface area contributed by atoms with Gasteiger partial charge in [0.05, 0.1) is 22.4 Å². The van der Waals surface area contributed by atoms with Gasteiger partial charge in [0.25, 0.3) is 5.91 Å². The third kappa shape index (κ3) is 4.18. The second-order valence-electron chi connectivity index (χ2n) is 4.04. The van der Waals surface area contributed by atoms with Gasteiger partial charge in [0, 0.05) is 12.2 Å². The number of carbonyl (C=O) groups excluding carboxylic acids is 1. The summed E-state index contributed by atoms with van der Waals surface area (Å²) in [6.45, 7) is 3.90. The molecule has 21 heavy (non-hydrogen) atoms. The molecule has 0 aliphatic heterocycles. The van der Waals surface area contributed by atoms with E-state index in [4.69, 9.17) is 23.2 Å². The lowest BCUT2D eigenvalue weighted by molar-refractivity contribution is 0.0952. The van der Waals surface area contributed by atoms with Gasteiger partial charge in [0.15, 0.2) is 0 Å². The van der Waals surface area contributed by atoms with Crippen molar-refractivity contribution in [3.05, 3.63) is 59.0 Å². The average molecular weight is 323 g/mol. The predicted octanol–water partition coefficient (Wildman–Crippen LogP) is 3.44. The molecule has 2 aromatic rings. The third-order valence-corrected chi connectivity index (χ3v) is 3.22. The first-order chi connectivity index (χ1) is 10.1. The lowest BCUT2D eigenvalue weighted by atomic mass is 10.3. The van der Waals surface area contributed by atoms with Gasteiger partial charge in [-0.3, -0.25) is 4.79 Å². The zero-order chi connectivity index (χ0) is 15.2. The summed E-state index contributed by atoms with van der Waals surface area (Å²) >= 11 is 11.8. The maximum absolute atomic E-state index is 11.6. The Hall–Kier alpha value is -2.11. The van der Waals surface area contributed by atoms with E-state index in [1.807, 2.05) is 0 Å². The molecule has 0 saturated carbocycles. The minimum atomic E-state index is -0.302. The van der Waals surface area contributed by atoms with Gasteiger partial charge in [-0.25, -0.2) is 9.97 Å². The monoisotopic (exact) mass is 322 g/mol. The van der Waals surface area contributed by atoms with E-state index in [-0.39, 0.29) is 11.6 Å². The van der Waals surface area contributed by atoms with Crippen molar-refractivity contribution in [3.63, 3.8) is 0 Å². The van der Waals surface area contributed by atoms with Crippen molar-refractivity contribution >= 4 is 40.6 Å². The van der Waals surface area contributed by atoms with Crippen LogP contribution in [0.3, 0.4) is 0 Å². The third-order valence-electron chi connectivity index (χ3n) is 2.48. The molecule has 1 aromatic carbocycles. The quantitative estimate of drug-likeness (QED) is 0.827. The summed E-state index contributed by atoms with van der Waals surface area (Å²) in [6.07, 6.45) is 4.44. The molecular formula is C14H12Cl2N4O. The van der Waals surface area contributed by atoms with E-state index >= 15 is 0 Å². The number of benzene rings is 1. The molecule has 0 saturated heterocycles. The number of rotatable bonds is 5. The molecule has 0 spiro atoms. The number of nitrogens with zero attached hydrogens (tertiary/aromatic N) is 2. The molecule has 0 aliphatic rings. The largest absolute Gasteiger partial charge is 0.347 e. The smallest absolute Gasteiger partial charge is 0.271 e. The fourth-order valence-electron chi connectivity index (χ4n) is 1.49. The van der Waals surface area contributed by atoms with Crippen LogP contribution in [0.5, 0.6) is 0 Å². The molecule has 1 amide bonds. The number of hydrogen-bond donors (Lipinski definition) is 2. The summed E-state index contributed by atoms with van der Waals surface area (Å²) in [5, 5.41) is 6.55. The maximum Gasteiger partial charge on any atom is 0.271 e. The van der Waals surface area contributed by atoms with Crippen LogP contribution in [0, 0.1) is 0 Å². The standard InChI is InChI=1S/C14H12Cl2N4O/c1-2-5-17-14(21)12-7-19-13(8-18-12)20-9-3-4-10(15)11(16)6-9/h2-4,6-8H,1,5H2,(H,17,21)(H,19,20). The summed E-state index contributed by atoms with van der Waals surface area (Å²) in [6, 6.07) is 5.12. The van der Waals surface area contributed by atoms with E-state index in [1.54, 1.807) is 24.3 Å². The minimum absolute atomic E-state index is 0.233. The topological polar surface area (TPSA) is 66.9 Å². The van der Waals surface area contributed by atoms with Crippen LogP contribution in [0.2, 0.25) is 10.0 Å². The highest BCUT2D eigenvalue weighted by atomic mass is 35.5. The second-order valence-corrected chi connectivity index (χ2v) is 4.85. The minimum Gasteiger partial charge on any atom is -0.347 e. The number of nitrogens with one attached hydrogen (secondary N) is 2. The van der Waals surface area contributed by atoms with E-state index in [1.165, 1.54) is 12.4 Å². The van der Waals surface area contributed by atoms with E-state index < -0.39 is 0 Å². The lowest BCUT2D eigenvalue weighted by Crippen LogP contribution is -2.24. The summed E-state index contributed by atoms with van der Waals surface area (Å²) in [5.41, 5.74) is 0.957. The van der Waals surface area contributed by atoms with Crippen LogP contribution < -0.4 is 10.6 Å². The van der Waals surface area contributed by atoms with Gasteiger partial charge in [0.1, 0.15) is 11.5 Å². The van der Waals surface area contributed by atoms with Crippen molar-refractivity contribution in [1.29, 1.82) is 0 Å². The molecule has 5 nitrogen and oxygen atoms in total. The summed E-state index contributed by atoms with van der Waals surface area (Å²) in [7, 11) is 0. The highest BCUT2D eigenvalue weighted by molar-refractivity contribution is 6.42. The Morgan fingerprint density at radius 2 is 2.05 bits per heavy atom. The van der Waals surface area contributed by atoms with Crippen LogP contribution >= 0.6 is 23.2 Å². The molecule has 108 valence electrons. The van der Waals surface area contributed by atoms with Gasteiger partial charge < -0.3 is 10.6 Å². The Balaban J connectivity index is 2.06. The Kier molecular flexibility index (Phi) is 5.14. The molecule has 7 heteroatoms. The van der Waals surface area contributed by atoms with Crippen LogP contribution in [-0.2, 0) is 0 Å². The fourth-order valence-corrected chi connectivity index (χ4v) is 1.79. The van der Waals surface area contributed by atoms with Crippen molar-refractivity contribution in [2.45, 2.75) is 0 Å². The molecule has 2 N–H and O–H groups in total. The second kappa shape index (κ2) is 7.06. The van der Waals surface area contributed by atoms with Crippen LogP contribution in [0.4, 0.5) is 11.5 Å². The molecule has 0 radical (unpaired) electrons. The van der Waals surface area contributed by atoms with Gasteiger partial charge >= 0.3 is 0 Å². The fraction of sp³-hybridized carbons (Fsp3) is 0.0714. The average Bonchev–Trinajstić information content (AvgIpc) is 2.49. The molecule has 0 unspecified atom stereocenters. The van der Waals surface area contributed by atoms with Crippen LogP contribution in [-0.4, -0.2) is 22.4 Å². The number of amides is 1. The number of carbonyl (C=O) groups is 1. The highest BCUT2D eigenvalue weighted by Gasteiger charge is 2.07. The first kappa shape index (κ1) is 15.3. The Morgan fingerprint density at radius 3 is 2.67 bits per heavy atom. The number of hydrogen-bond acceptors (Lipinski definition) is 4. The van der Waals surface area contributed by atoms with E-state index in [0.717, 1.165) is 5.69 Å². The zero-order valence-corrected chi connectivity index (χ0v) is 12.4. The van der Waals surface area contributed by atoms with Gasteiger partial charge in [-0.1, -0.05) is 29.3 Å².